The number of hydrogen-bond acceptors (Lipinski definition) is 15. The number of hydrogen-bond donors (Lipinski definition) is 1. The first-order valence-corrected chi connectivity index (χ1v) is 23.9. The number of amides is 3. The van der Waals surface area contributed by atoms with Crippen LogP contribution in [-0.2, 0) is 42.9 Å². The molecule has 0 saturated carbocycles. The van der Waals surface area contributed by atoms with Crippen molar-refractivity contribution in [2.75, 3.05) is 81.7 Å². The lowest BCUT2D eigenvalue weighted by molar-refractivity contribution is -0.305. The van der Waals surface area contributed by atoms with Crippen LogP contribution in [-0.4, -0.2) is 157 Å². The van der Waals surface area contributed by atoms with E-state index in [9.17, 15) is 46.7 Å². The fourth-order valence-electron chi connectivity index (χ4n) is 4.96. The Morgan fingerprint density at radius 3 is 1.54 bits per heavy atom. The molecule has 20 heteroatoms. The molecule has 2 aliphatic heterocycles. The van der Waals surface area contributed by atoms with Gasteiger partial charge >= 0.3 is 4.28 Å². The molecule has 3 rings (SSSR count). The maximum atomic E-state index is 11.0. The van der Waals surface area contributed by atoms with Crippen LogP contribution in [0.5, 0.6) is 0 Å². The number of carbonyl (C=O) groups is 4. The second kappa shape index (κ2) is 38.7. The minimum Gasteiger partial charge on any atom is -0.756 e. The Kier molecular flexibility index (Phi) is 39.5. The number of likely N-dealkylation sites (tertiary alicyclic amines) is 2. The molecule has 0 spiro atoms. The zero-order valence-corrected chi connectivity index (χ0v) is 40.3. The first kappa shape index (κ1) is 62.3. The molecule has 1 N–H and O–H groups in total. The van der Waals surface area contributed by atoms with Gasteiger partial charge < -0.3 is 48.4 Å². The van der Waals surface area contributed by atoms with E-state index in [0.717, 1.165) is 115 Å². The monoisotopic (exact) mass is 913 g/mol. The lowest BCUT2D eigenvalue weighted by Crippen LogP contribution is -2.54. The van der Waals surface area contributed by atoms with Crippen LogP contribution in [0.2, 0.25) is 0 Å². The molecule has 0 aliphatic carbocycles. The van der Waals surface area contributed by atoms with Crippen molar-refractivity contribution in [3.05, 3.63) is 29.8 Å². The maximum absolute atomic E-state index is 11.0. The Morgan fingerprint density at radius 1 is 0.803 bits per heavy atom. The highest BCUT2D eigenvalue weighted by atomic mass is 32.2. The van der Waals surface area contributed by atoms with Crippen LogP contribution in [0.25, 0.3) is 0 Å². The van der Waals surface area contributed by atoms with Gasteiger partial charge in [0.25, 0.3) is 7.82 Å². The first-order valence-electron chi connectivity index (χ1n) is 21.1. The van der Waals surface area contributed by atoms with E-state index in [0.29, 0.717) is 12.3 Å². The molecule has 2 unspecified atom stereocenters. The normalized spacial score (nSPS) is 15.3. The minimum atomic E-state index is -4.27. The quantitative estimate of drug-likeness (QED) is 0.0676. The van der Waals surface area contributed by atoms with Gasteiger partial charge in [-0.1, -0.05) is 77.0 Å². The molecular weight excluding hydrogens is 832 g/mol. The number of nitrogens with zero attached hydrogens (tertiary/aromatic N) is 5. The van der Waals surface area contributed by atoms with Crippen LogP contribution in [0.3, 0.4) is 0 Å². The number of aliphatic carboxylic acids is 1. The number of phosphoric ester groups is 1. The highest BCUT2D eigenvalue weighted by Crippen LogP contribution is 2.38. The van der Waals surface area contributed by atoms with E-state index in [1.165, 1.54) is 25.0 Å². The summed E-state index contributed by atoms with van der Waals surface area (Å²) in [5.74, 6) is -0.920. The molecule has 18 nitrogen and oxygen atoms in total. The molecule has 2 aliphatic rings. The largest absolute Gasteiger partial charge is 1.00 e. The maximum Gasteiger partial charge on any atom is 1.00 e. The van der Waals surface area contributed by atoms with Crippen LogP contribution in [0.1, 0.15) is 114 Å². The Labute approximate surface area is 372 Å². The summed E-state index contributed by atoms with van der Waals surface area (Å²) in [6.45, 7) is 12.0. The third kappa shape index (κ3) is 37.3. The van der Waals surface area contributed by atoms with Crippen LogP contribution < -0.4 is 15.3 Å². The summed E-state index contributed by atoms with van der Waals surface area (Å²) in [5.41, 5.74) is 0.928. The van der Waals surface area contributed by atoms with Gasteiger partial charge in [-0.05, 0) is 113 Å². The number of nitrogens with one attached hydrogen (secondary N) is 1. The number of carboxylic acid groups (broad SMARTS) is 1. The summed E-state index contributed by atoms with van der Waals surface area (Å²) in [7, 11) is 3.70. The molecule has 0 radical (unpaired) electrons. The van der Waals surface area contributed by atoms with Crippen molar-refractivity contribution in [2.24, 2.45) is 0 Å². The van der Waals surface area contributed by atoms with Crippen LogP contribution in [0, 0.1) is 6.92 Å². The van der Waals surface area contributed by atoms with Gasteiger partial charge in [0.05, 0.1) is 30.4 Å². The molecule has 1 aromatic rings. The molecule has 358 valence electrons. The topological polar surface area (TPSA) is 235 Å². The standard InChI is InChI=1S/C8H19O4P.C8H16O2.C7H8O3S.2C6H12N2O.C6H14N2O/c1-3-5-7-11-13(9,10)12-8-6-4-2;1-2-3-4-5-6-7-8(9)10;1-6-2-4-7(5-3-6)11(8,9)10;2*1-7(2)6-3-4-8(6)5-9;1-8(2)5-3-4-7-6-9/h3-8H2,1-2H3,(H,9,10);2-7H2,1H3,(H,9,10);2-5H,1H3,(H,8,9,10);2*5-6H,3-4H2,1-2H3;6H,3-5H2,1-2H3,(H,7,9). The number of carbonyl (C=O) groups excluding carboxylic acids is 4. The fraction of sp³-hybridized carbons (Fsp3) is 0.756. The average molecular weight is 913 g/mol. The molecule has 61 heavy (non-hydrogen) atoms. The van der Waals surface area contributed by atoms with E-state index >= 15 is 0 Å². The Bertz CT molecular complexity index is 1380. The molecule has 2 fully saturated rings. The zero-order chi connectivity index (χ0) is 47.3. The smallest absolute Gasteiger partial charge is 0.756 e. The number of aryl methyl sites for hydroxylation is 1. The summed E-state index contributed by atoms with van der Waals surface area (Å²) in [6, 6.07) is 5.78. The van der Waals surface area contributed by atoms with Crippen molar-refractivity contribution in [3.8, 4) is 0 Å². The third-order valence-electron chi connectivity index (χ3n) is 8.82. The number of phosphoric acid groups is 1. The molecule has 2 atom stereocenters. The average Bonchev–Trinajstić information content (AvgIpc) is 3.13. The van der Waals surface area contributed by atoms with E-state index in [1.54, 1.807) is 21.9 Å². The first-order chi connectivity index (χ1) is 28.7. The number of benzene rings is 1. The van der Waals surface area contributed by atoms with Gasteiger partial charge in [0, 0.05) is 25.6 Å². The van der Waals surface area contributed by atoms with Crippen molar-refractivity contribution >= 4 is 43.1 Å². The van der Waals surface area contributed by atoms with Crippen molar-refractivity contribution < 1.29 is 60.0 Å². The lowest BCUT2D eigenvalue weighted by atomic mass is 10.1. The molecule has 1 aromatic carbocycles. The SMILES string of the molecule is CCCCCCCC(=O)[O-].CCCCOP(=O)([O-])OCCCC.CN(C)C1CCN1C=O.CN(C)C1CCN1C=O.CN(C)CCCNC=O.Cc1ccc(S(=O)(=O)[O-])cc1.[H+].[H+].[H+]. The van der Waals surface area contributed by atoms with Gasteiger partial charge in [0.15, 0.2) is 0 Å². The summed E-state index contributed by atoms with van der Waals surface area (Å²) in [6.07, 6.45) is 15.4. The Morgan fingerprint density at radius 2 is 1.25 bits per heavy atom. The van der Waals surface area contributed by atoms with Crippen molar-refractivity contribution in [1.29, 1.82) is 0 Å². The molecular formula is C41H81N6O12PS. The van der Waals surface area contributed by atoms with E-state index < -0.39 is 23.9 Å². The number of unbranched alkanes of at least 4 members (excludes halogenated alkanes) is 6. The van der Waals surface area contributed by atoms with E-state index in [4.69, 9.17) is 0 Å². The zero-order valence-electron chi connectivity index (χ0n) is 41.6. The fourth-order valence-corrected chi connectivity index (χ4v) is 6.20. The van der Waals surface area contributed by atoms with Crippen molar-refractivity contribution in [1.82, 2.24) is 29.8 Å². The summed E-state index contributed by atoms with van der Waals surface area (Å²) in [5, 5.41) is 12.5. The van der Waals surface area contributed by atoms with E-state index in [-0.39, 0.29) is 28.8 Å². The predicted octanol–water partition coefficient (Wildman–Crippen LogP) is 3.58. The highest BCUT2D eigenvalue weighted by Gasteiger charge is 2.28. The van der Waals surface area contributed by atoms with Crippen molar-refractivity contribution in [3.63, 3.8) is 0 Å². The molecule has 0 aromatic heterocycles. The predicted molar refractivity (Wildman–Crippen MR) is 237 cm³/mol. The summed E-state index contributed by atoms with van der Waals surface area (Å²) < 4.78 is 51.3. The molecule has 2 saturated heterocycles. The molecule has 3 amide bonds. The Balaban J connectivity index is -0.000000157. The van der Waals surface area contributed by atoms with Crippen molar-refractivity contribution in [2.45, 2.75) is 128 Å². The number of carboxylic acids is 1. The van der Waals surface area contributed by atoms with E-state index in [2.05, 4.69) is 36.0 Å². The van der Waals surface area contributed by atoms with Crippen LogP contribution >= 0.6 is 7.82 Å². The third-order valence-corrected chi connectivity index (χ3v) is 10.7. The lowest BCUT2D eigenvalue weighted by Gasteiger charge is -2.42. The summed E-state index contributed by atoms with van der Waals surface area (Å²) in [4.78, 5) is 60.6. The molecule has 0 bridgehead atoms. The van der Waals surface area contributed by atoms with Crippen LogP contribution in [0.15, 0.2) is 29.2 Å². The Hall–Kier alpha value is -3.00. The highest BCUT2D eigenvalue weighted by molar-refractivity contribution is 7.85. The number of rotatable bonds is 24. The second-order valence-electron chi connectivity index (χ2n) is 15.0. The second-order valence-corrected chi connectivity index (χ2v) is 17.8. The van der Waals surface area contributed by atoms with Crippen LogP contribution in [0.4, 0.5) is 0 Å². The van der Waals surface area contributed by atoms with Gasteiger partial charge in [0.2, 0.25) is 19.2 Å². The van der Waals surface area contributed by atoms with Gasteiger partial charge in [-0.15, -0.1) is 0 Å². The van der Waals surface area contributed by atoms with E-state index in [1.807, 2.05) is 63.1 Å². The summed E-state index contributed by atoms with van der Waals surface area (Å²) >= 11 is 0. The molecule has 2 heterocycles. The van der Waals surface area contributed by atoms with Gasteiger partial charge in [-0.2, -0.15) is 0 Å². The van der Waals surface area contributed by atoms with Gasteiger partial charge in [0.1, 0.15) is 10.1 Å². The van der Waals surface area contributed by atoms with Gasteiger partial charge in [-0.25, -0.2) is 8.42 Å². The minimum absolute atomic E-state index is 0. The van der Waals surface area contributed by atoms with Gasteiger partial charge in [-0.3, -0.25) is 28.7 Å².